The molecule has 0 aromatic carbocycles. The third-order valence-corrected chi connectivity index (χ3v) is 3.30. The Kier molecular flexibility index (Phi) is 3.03. The van der Waals surface area contributed by atoms with Crippen LogP contribution in [0.5, 0.6) is 0 Å². The van der Waals surface area contributed by atoms with Crippen LogP contribution in [0.3, 0.4) is 0 Å². The van der Waals surface area contributed by atoms with Crippen molar-refractivity contribution in [2.45, 2.75) is 26.3 Å². The van der Waals surface area contributed by atoms with E-state index in [4.69, 9.17) is 0 Å². The van der Waals surface area contributed by atoms with Gasteiger partial charge in [-0.2, -0.15) is 0 Å². The van der Waals surface area contributed by atoms with Gasteiger partial charge in [-0.1, -0.05) is 0 Å². The van der Waals surface area contributed by atoms with E-state index in [0.717, 1.165) is 30.0 Å². The molecule has 2 aromatic rings. The van der Waals surface area contributed by atoms with Gasteiger partial charge in [-0.3, -0.25) is 9.36 Å². The molecule has 3 rings (SSSR count). The molecular weight excluding hydrogens is 240 g/mol. The maximum absolute atomic E-state index is 11.6. The van der Waals surface area contributed by atoms with Crippen molar-refractivity contribution in [1.29, 1.82) is 0 Å². The first-order valence-corrected chi connectivity index (χ1v) is 6.47. The molecule has 1 amide bonds. The molecule has 19 heavy (non-hydrogen) atoms. The van der Waals surface area contributed by atoms with Crippen molar-refractivity contribution < 1.29 is 4.79 Å². The minimum absolute atomic E-state index is 0.164. The molecule has 1 aliphatic carbocycles. The summed E-state index contributed by atoms with van der Waals surface area (Å²) in [5.74, 6) is 2.13. The van der Waals surface area contributed by atoms with Gasteiger partial charge in [0.2, 0.25) is 5.91 Å². The average molecular weight is 256 g/mol. The van der Waals surface area contributed by atoms with Gasteiger partial charge in [-0.25, -0.2) is 9.97 Å². The molecule has 2 heterocycles. The first-order valence-electron chi connectivity index (χ1n) is 6.47. The van der Waals surface area contributed by atoms with E-state index in [1.54, 1.807) is 12.4 Å². The minimum Gasteiger partial charge on any atom is -0.352 e. The van der Waals surface area contributed by atoms with Crippen molar-refractivity contribution >= 4 is 5.91 Å². The van der Waals surface area contributed by atoms with Crippen LogP contribution in [0.25, 0.3) is 5.82 Å². The molecule has 98 valence electrons. The van der Waals surface area contributed by atoms with Crippen molar-refractivity contribution in [2.24, 2.45) is 5.92 Å². The second kappa shape index (κ2) is 4.84. The van der Waals surface area contributed by atoms with E-state index in [1.165, 1.54) is 0 Å². The fourth-order valence-corrected chi connectivity index (χ4v) is 2.00. The Balaban J connectivity index is 1.72. The van der Waals surface area contributed by atoms with Gasteiger partial charge >= 0.3 is 0 Å². The highest BCUT2D eigenvalue weighted by atomic mass is 16.2. The summed E-state index contributed by atoms with van der Waals surface area (Å²) in [4.78, 5) is 20.1. The first-order chi connectivity index (χ1) is 9.24. The Hall–Kier alpha value is -2.17. The van der Waals surface area contributed by atoms with E-state index in [0.29, 0.717) is 6.54 Å². The third kappa shape index (κ3) is 2.65. The number of carbonyl (C=O) groups is 1. The number of amides is 1. The predicted molar refractivity (Wildman–Crippen MR) is 70.7 cm³/mol. The Labute approximate surface area is 111 Å². The fraction of sp³-hybridized carbons (Fsp3) is 0.357. The van der Waals surface area contributed by atoms with Crippen molar-refractivity contribution in [3.05, 3.63) is 42.1 Å². The Morgan fingerprint density at radius 1 is 1.42 bits per heavy atom. The summed E-state index contributed by atoms with van der Waals surface area (Å²) in [5, 5.41) is 2.96. The van der Waals surface area contributed by atoms with Gasteiger partial charge in [-0.15, -0.1) is 0 Å². The zero-order valence-corrected chi connectivity index (χ0v) is 10.8. The van der Waals surface area contributed by atoms with Crippen LogP contribution in [-0.2, 0) is 11.3 Å². The standard InChI is InChI=1S/C14H16N4O/c1-10-15-6-7-18(10)13-8-11(4-5-16-13)9-17-14(19)12-2-3-12/h4-8,12H,2-3,9H2,1H3,(H,17,19). The van der Waals surface area contributed by atoms with Crippen LogP contribution in [0.1, 0.15) is 24.2 Å². The molecule has 1 fully saturated rings. The van der Waals surface area contributed by atoms with E-state index in [2.05, 4.69) is 15.3 Å². The predicted octanol–water partition coefficient (Wildman–Crippen LogP) is 1.60. The first kappa shape index (κ1) is 11.9. The van der Waals surface area contributed by atoms with Crippen LogP contribution < -0.4 is 5.32 Å². The number of rotatable bonds is 4. The molecular formula is C14H16N4O. The summed E-state index contributed by atoms with van der Waals surface area (Å²) < 4.78 is 1.92. The average Bonchev–Trinajstić information content (AvgIpc) is 3.19. The van der Waals surface area contributed by atoms with Crippen LogP contribution in [-0.4, -0.2) is 20.4 Å². The summed E-state index contributed by atoms with van der Waals surface area (Å²) in [5.41, 5.74) is 1.05. The normalized spacial score (nSPS) is 14.4. The van der Waals surface area contributed by atoms with Crippen molar-refractivity contribution in [1.82, 2.24) is 19.9 Å². The summed E-state index contributed by atoms with van der Waals surface area (Å²) in [7, 11) is 0. The molecule has 1 N–H and O–H groups in total. The molecule has 1 aliphatic rings. The molecule has 0 unspecified atom stereocenters. The van der Waals surface area contributed by atoms with Gasteiger partial charge in [0, 0.05) is 31.1 Å². The largest absolute Gasteiger partial charge is 0.352 e. The number of hydrogen-bond acceptors (Lipinski definition) is 3. The number of carbonyl (C=O) groups excluding carboxylic acids is 1. The molecule has 0 radical (unpaired) electrons. The van der Waals surface area contributed by atoms with E-state index >= 15 is 0 Å². The van der Waals surface area contributed by atoms with Crippen molar-refractivity contribution in [2.75, 3.05) is 0 Å². The Bertz CT molecular complexity index is 601. The van der Waals surface area contributed by atoms with E-state index in [1.807, 2.05) is 29.8 Å². The van der Waals surface area contributed by atoms with Crippen molar-refractivity contribution in [3.8, 4) is 5.82 Å². The topological polar surface area (TPSA) is 59.8 Å². The molecule has 0 bridgehead atoms. The molecule has 0 spiro atoms. The number of nitrogens with one attached hydrogen (secondary N) is 1. The van der Waals surface area contributed by atoms with Gasteiger partial charge < -0.3 is 5.32 Å². The highest BCUT2D eigenvalue weighted by Gasteiger charge is 2.29. The number of aryl methyl sites for hydroxylation is 1. The van der Waals surface area contributed by atoms with Crippen molar-refractivity contribution in [3.63, 3.8) is 0 Å². The Morgan fingerprint density at radius 2 is 2.26 bits per heavy atom. The quantitative estimate of drug-likeness (QED) is 0.904. The van der Waals surface area contributed by atoms with E-state index < -0.39 is 0 Å². The zero-order valence-electron chi connectivity index (χ0n) is 10.8. The lowest BCUT2D eigenvalue weighted by Crippen LogP contribution is -2.24. The monoisotopic (exact) mass is 256 g/mol. The van der Waals surface area contributed by atoms with Gasteiger partial charge in [0.15, 0.2) is 0 Å². The van der Waals surface area contributed by atoms with Gasteiger partial charge in [0.25, 0.3) is 0 Å². The van der Waals surface area contributed by atoms with Gasteiger partial charge in [0.1, 0.15) is 11.6 Å². The highest BCUT2D eigenvalue weighted by molar-refractivity contribution is 5.80. The maximum atomic E-state index is 11.6. The molecule has 0 atom stereocenters. The second-order valence-electron chi connectivity index (χ2n) is 4.86. The molecule has 5 nitrogen and oxygen atoms in total. The molecule has 0 saturated heterocycles. The molecule has 1 saturated carbocycles. The number of imidazole rings is 1. The van der Waals surface area contributed by atoms with Gasteiger partial charge in [0.05, 0.1) is 0 Å². The fourth-order valence-electron chi connectivity index (χ4n) is 2.00. The lowest BCUT2D eigenvalue weighted by atomic mass is 10.2. The number of hydrogen-bond donors (Lipinski definition) is 1. The van der Waals surface area contributed by atoms with Crippen LogP contribution in [0.4, 0.5) is 0 Å². The van der Waals surface area contributed by atoms with Crippen LogP contribution in [0, 0.1) is 12.8 Å². The number of nitrogens with zero attached hydrogens (tertiary/aromatic N) is 3. The minimum atomic E-state index is 0.164. The third-order valence-electron chi connectivity index (χ3n) is 3.30. The van der Waals surface area contributed by atoms with E-state index in [9.17, 15) is 4.79 Å². The lowest BCUT2D eigenvalue weighted by molar-refractivity contribution is -0.122. The summed E-state index contributed by atoms with van der Waals surface area (Å²) >= 11 is 0. The smallest absolute Gasteiger partial charge is 0.223 e. The Morgan fingerprint density at radius 3 is 2.95 bits per heavy atom. The summed E-state index contributed by atoms with van der Waals surface area (Å²) in [6, 6.07) is 3.89. The zero-order chi connectivity index (χ0) is 13.2. The molecule has 0 aliphatic heterocycles. The van der Waals surface area contributed by atoms with Crippen LogP contribution in [0.15, 0.2) is 30.7 Å². The van der Waals surface area contributed by atoms with Crippen LogP contribution in [0.2, 0.25) is 0 Å². The van der Waals surface area contributed by atoms with Gasteiger partial charge in [-0.05, 0) is 37.5 Å². The number of aromatic nitrogens is 3. The summed E-state index contributed by atoms with van der Waals surface area (Å²) in [6.07, 6.45) is 7.44. The van der Waals surface area contributed by atoms with Crippen LogP contribution >= 0.6 is 0 Å². The van der Waals surface area contributed by atoms with E-state index in [-0.39, 0.29) is 11.8 Å². The maximum Gasteiger partial charge on any atom is 0.223 e. The molecule has 5 heteroatoms. The summed E-state index contributed by atoms with van der Waals surface area (Å²) in [6.45, 7) is 2.49. The molecule has 2 aromatic heterocycles. The second-order valence-corrected chi connectivity index (χ2v) is 4.86. The SMILES string of the molecule is Cc1nccn1-c1cc(CNC(=O)C2CC2)ccn1. The highest BCUT2D eigenvalue weighted by Crippen LogP contribution is 2.28. The lowest BCUT2D eigenvalue weighted by Gasteiger charge is -2.08. The number of pyridine rings is 1.